The predicted molar refractivity (Wildman–Crippen MR) is 85.2 cm³/mol. The molecule has 1 aliphatic rings. The minimum atomic E-state index is -3.49. The molecule has 120 valence electrons. The van der Waals surface area contributed by atoms with Crippen LogP contribution >= 0.6 is 11.3 Å². The van der Waals surface area contributed by atoms with E-state index < -0.39 is 10.0 Å². The van der Waals surface area contributed by atoms with Crippen LogP contribution in [0.15, 0.2) is 10.3 Å². The zero-order valence-corrected chi connectivity index (χ0v) is 14.5. The highest BCUT2D eigenvalue weighted by Gasteiger charge is 2.38. The van der Waals surface area contributed by atoms with Crippen molar-refractivity contribution in [2.45, 2.75) is 50.2 Å². The van der Waals surface area contributed by atoms with Crippen LogP contribution in [-0.2, 0) is 21.3 Å². The van der Waals surface area contributed by atoms with Gasteiger partial charge >= 0.3 is 0 Å². The summed E-state index contributed by atoms with van der Waals surface area (Å²) in [5, 5.41) is 5.09. The average Bonchev–Trinajstić information content (AvgIpc) is 2.77. The van der Waals surface area contributed by atoms with E-state index in [1.807, 2.05) is 19.2 Å². The third-order valence-corrected chi connectivity index (χ3v) is 6.94. The molecule has 0 atom stereocenters. The molecule has 0 amide bonds. The summed E-state index contributed by atoms with van der Waals surface area (Å²) in [6.45, 7) is 5.60. The van der Waals surface area contributed by atoms with E-state index in [1.165, 1.54) is 11.3 Å². The van der Waals surface area contributed by atoms with Gasteiger partial charge in [-0.1, -0.05) is 6.92 Å². The fourth-order valence-electron chi connectivity index (χ4n) is 2.53. The van der Waals surface area contributed by atoms with Crippen LogP contribution < -0.4 is 10.0 Å². The quantitative estimate of drug-likeness (QED) is 0.764. The monoisotopic (exact) mass is 332 g/mol. The van der Waals surface area contributed by atoms with Gasteiger partial charge < -0.3 is 10.1 Å². The number of methoxy groups -OCH3 is 1. The molecule has 0 aliphatic heterocycles. The molecule has 1 aromatic heterocycles. The average molecular weight is 332 g/mol. The normalized spacial score (nSPS) is 17.7. The summed E-state index contributed by atoms with van der Waals surface area (Å²) >= 11 is 1.49. The van der Waals surface area contributed by atoms with E-state index in [9.17, 15) is 8.42 Å². The van der Waals surface area contributed by atoms with Crippen molar-refractivity contribution in [3.63, 3.8) is 0 Å². The van der Waals surface area contributed by atoms with Gasteiger partial charge in [-0.05, 0) is 43.7 Å². The summed E-state index contributed by atoms with van der Waals surface area (Å²) < 4.78 is 33.4. The number of sulfonamides is 1. The Morgan fingerprint density at radius 3 is 2.67 bits per heavy atom. The molecule has 0 spiro atoms. The smallest absolute Gasteiger partial charge is 0.242 e. The second kappa shape index (κ2) is 6.75. The molecule has 1 aromatic rings. The Morgan fingerprint density at radius 1 is 1.43 bits per heavy atom. The summed E-state index contributed by atoms with van der Waals surface area (Å²) in [6.07, 6.45) is 2.93. The number of thiophene rings is 1. The Bertz CT molecular complexity index is 572. The maximum atomic E-state index is 12.6. The Hall–Kier alpha value is -0.470. The van der Waals surface area contributed by atoms with Crippen molar-refractivity contribution in [1.82, 2.24) is 10.0 Å². The van der Waals surface area contributed by atoms with Crippen molar-refractivity contribution in [1.29, 1.82) is 0 Å². The molecular formula is C14H24N2O3S2. The Kier molecular flexibility index (Phi) is 5.43. The molecule has 1 aliphatic carbocycles. The zero-order chi connectivity index (χ0) is 15.5. The van der Waals surface area contributed by atoms with Crippen LogP contribution in [0.25, 0.3) is 0 Å². The van der Waals surface area contributed by atoms with Gasteiger partial charge in [0.05, 0.1) is 5.60 Å². The van der Waals surface area contributed by atoms with Gasteiger partial charge in [0.25, 0.3) is 0 Å². The van der Waals surface area contributed by atoms with Gasteiger partial charge in [-0.3, -0.25) is 0 Å². The summed E-state index contributed by atoms with van der Waals surface area (Å²) in [5.41, 5.74) is 0.499. The van der Waals surface area contributed by atoms with Crippen molar-refractivity contribution in [3.8, 4) is 0 Å². The van der Waals surface area contributed by atoms with Crippen LogP contribution in [0.3, 0.4) is 0 Å². The van der Waals surface area contributed by atoms with E-state index in [4.69, 9.17) is 4.74 Å². The Labute approximate surface area is 131 Å². The fourth-order valence-corrected chi connectivity index (χ4v) is 5.42. The Balaban J connectivity index is 2.13. The van der Waals surface area contributed by atoms with Gasteiger partial charge in [0.15, 0.2) is 0 Å². The van der Waals surface area contributed by atoms with Crippen molar-refractivity contribution in [3.05, 3.63) is 15.8 Å². The van der Waals surface area contributed by atoms with E-state index in [-0.39, 0.29) is 5.60 Å². The molecule has 1 saturated carbocycles. The molecule has 0 saturated heterocycles. The number of aryl methyl sites for hydroxylation is 1. The summed E-state index contributed by atoms with van der Waals surface area (Å²) in [6, 6.07) is 0. The molecule has 1 fully saturated rings. The van der Waals surface area contributed by atoms with Crippen molar-refractivity contribution in [2.24, 2.45) is 0 Å². The number of hydrogen-bond donors (Lipinski definition) is 2. The second-order valence-corrected chi connectivity index (χ2v) is 8.18. The van der Waals surface area contributed by atoms with E-state index >= 15 is 0 Å². The van der Waals surface area contributed by atoms with Gasteiger partial charge in [0.2, 0.25) is 10.0 Å². The topological polar surface area (TPSA) is 67.4 Å². The van der Waals surface area contributed by atoms with Gasteiger partial charge in [0, 0.05) is 25.1 Å². The predicted octanol–water partition coefficient (Wildman–Crippen LogP) is 2.01. The molecule has 0 radical (unpaired) electrons. The van der Waals surface area contributed by atoms with Crippen LogP contribution in [-0.4, -0.2) is 34.2 Å². The third-order valence-electron chi connectivity index (χ3n) is 4.08. The van der Waals surface area contributed by atoms with Crippen molar-refractivity contribution >= 4 is 21.4 Å². The summed E-state index contributed by atoms with van der Waals surface area (Å²) in [4.78, 5) is 1.29. The van der Waals surface area contributed by atoms with E-state index in [0.717, 1.165) is 36.2 Å². The Morgan fingerprint density at radius 2 is 2.14 bits per heavy atom. The standard InChI is InChI=1S/C14H24N2O3S2/c1-4-15-8-12-13(11(2)9-20-12)21(17,18)16-10-14(19-3)6-5-7-14/h9,15-16H,4-8,10H2,1-3H3. The molecule has 7 heteroatoms. The first-order chi connectivity index (χ1) is 9.94. The zero-order valence-electron chi connectivity index (χ0n) is 12.9. The maximum absolute atomic E-state index is 12.6. The molecular weight excluding hydrogens is 308 g/mol. The molecule has 0 aromatic carbocycles. The lowest BCUT2D eigenvalue weighted by atomic mass is 9.80. The lowest BCUT2D eigenvalue weighted by Crippen LogP contribution is -2.49. The highest BCUT2D eigenvalue weighted by atomic mass is 32.2. The molecule has 0 bridgehead atoms. The molecule has 5 nitrogen and oxygen atoms in total. The molecule has 1 heterocycles. The molecule has 2 rings (SSSR count). The number of ether oxygens (including phenoxy) is 1. The van der Waals surface area contributed by atoms with Crippen LogP contribution in [0.1, 0.15) is 36.6 Å². The largest absolute Gasteiger partial charge is 0.377 e. The van der Waals surface area contributed by atoms with Crippen LogP contribution in [0.5, 0.6) is 0 Å². The summed E-state index contributed by atoms with van der Waals surface area (Å²) in [7, 11) is -1.84. The van der Waals surface area contributed by atoms with Crippen LogP contribution in [0.4, 0.5) is 0 Å². The van der Waals surface area contributed by atoms with Gasteiger partial charge in [-0.15, -0.1) is 11.3 Å². The fraction of sp³-hybridized carbons (Fsp3) is 0.714. The first-order valence-electron chi connectivity index (χ1n) is 7.26. The van der Waals surface area contributed by atoms with Gasteiger partial charge in [0.1, 0.15) is 4.90 Å². The van der Waals surface area contributed by atoms with E-state index in [2.05, 4.69) is 10.0 Å². The summed E-state index contributed by atoms with van der Waals surface area (Å²) in [5.74, 6) is 0. The SMILES string of the molecule is CCNCc1scc(C)c1S(=O)(=O)NCC1(OC)CCC1. The van der Waals surface area contributed by atoms with E-state index in [0.29, 0.717) is 18.0 Å². The molecule has 21 heavy (non-hydrogen) atoms. The number of hydrogen-bond acceptors (Lipinski definition) is 5. The minimum absolute atomic E-state index is 0.307. The first kappa shape index (κ1) is 16.9. The minimum Gasteiger partial charge on any atom is -0.377 e. The van der Waals surface area contributed by atoms with Crippen LogP contribution in [0.2, 0.25) is 0 Å². The molecule has 2 N–H and O–H groups in total. The van der Waals surface area contributed by atoms with Gasteiger partial charge in [-0.2, -0.15) is 0 Å². The number of rotatable bonds is 8. The first-order valence-corrected chi connectivity index (χ1v) is 9.63. The number of nitrogens with one attached hydrogen (secondary N) is 2. The van der Waals surface area contributed by atoms with Crippen molar-refractivity contribution < 1.29 is 13.2 Å². The van der Waals surface area contributed by atoms with Crippen LogP contribution in [0, 0.1) is 6.92 Å². The van der Waals surface area contributed by atoms with Crippen molar-refractivity contribution in [2.75, 3.05) is 20.2 Å². The lowest BCUT2D eigenvalue weighted by molar-refractivity contribution is -0.0659. The third kappa shape index (κ3) is 3.65. The second-order valence-electron chi connectivity index (χ2n) is 5.52. The highest BCUT2D eigenvalue weighted by molar-refractivity contribution is 7.89. The lowest BCUT2D eigenvalue weighted by Gasteiger charge is -2.40. The highest BCUT2D eigenvalue weighted by Crippen LogP contribution is 2.35. The molecule has 0 unspecified atom stereocenters. The maximum Gasteiger partial charge on any atom is 0.242 e. The van der Waals surface area contributed by atoms with Gasteiger partial charge in [-0.25, -0.2) is 13.1 Å². The van der Waals surface area contributed by atoms with E-state index in [1.54, 1.807) is 7.11 Å².